The van der Waals surface area contributed by atoms with E-state index in [2.05, 4.69) is 45.1 Å². The van der Waals surface area contributed by atoms with Gasteiger partial charge in [-0.1, -0.05) is 38.4 Å². The Morgan fingerprint density at radius 3 is 2.32 bits per heavy atom. The van der Waals surface area contributed by atoms with Gasteiger partial charge in [-0.25, -0.2) is 0 Å². The molecule has 0 amide bonds. The second-order valence-electron chi connectivity index (χ2n) is 7.04. The maximum Gasteiger partial charge on any atom is 0.0637 e. The normalized spacial score (nSPS) is 24.3. The third-order valence-electron chi connectivity index (χ3n) is 4.43. The van der Waals surface area contributed by atoms with Gasteiger partial charge < -0.3 is 5.32 Å². The monoisotopic (exact) mass is 279 g/mol. The predicted molar refractivity (Wildman–Crippen MR) is 85.0 cm³/mol. The summed E-state index contributed by atoms with van der Waals surface area (Å²) in [6.45, 7) is 9.20. The first-order chi connectivity index (χ1) is 8.86. The lowest BCUT2D eigenvalue weighted by Gasteiger charge is -2.37. The number of nitrogens with one attached hydrogen (secondary N) is 1. The van der Waals surface area contributed by atoms with Crippen molar-refractivity contribution in [1.82, 2.24) is 0 Å². The molecule has 106 valence electrons. The van der Waals surface area contributed by atoms with E-state index in [-0.39, 0.29) is 0 Å². The summed E-state index contributed by atoms with van der Waals surface area (Å²) in [5, 5.41) is 4.47. The fourth-order valence-corrected chi connectivity index (χ4v) is 3.25. The van der Waals surface area contributed by atoms with Gasteiger partial charge in [-0.05, 0) is 61.6 Å². The molecule has 0 aliphatic heterocycles. The topological polar surface area (TPSA) is 12.0 Å². The van der Waals surface area contributed by atoms with Crippen LogP contribution in [0.5, 0.6) is 0 Å². The fraction of sp³-hybridized carbons (Fsp3) is 0.647. The molecular formula is C17H26ClN. The van der Waals surface area contributed by atoms with E-state index in [0.29, 0.717) is 11.5 Å². The van der Waals surface area contributed by atoms with E-state index in [1.807, 2.05) is 6.07 Å². The van der Waals surface area contributed by atoms with Crippen molar-refractivity contribution in [2.24, 2.45) is 11.3 Å². The van der Waals surface area contributed by atoms with Crippen molar-refractivity contribution < 1.29 is 0 Å². The van der Waals surface area contributed by atoms with Crippen LogP contribution in [0.1, 0.15) is 52.0 Å². The molecule has 0 saturated heterocycles. The van der Waals surface area contributed by atoms with E-state index >= 15 is 0 Å². The second kappa shape index (κ2) is 5.75. The van der Waals surface area contributed by atoms with Gasteiger partial charge in [-0.3, -0.25) is 0 Å². The molecule has 1 aromatic rings. The molecule has 1 aliphatic rings. The molecule has 0 heterocycles. The highest BCUT2D eigenvalue weighted by Crippen LogP contribution is 2.38. The molecule has 0 atom stereocenters. The molecule has 0 spiro atoms. The standard InChI is InChI=1S/C17H26ClN/c1-12-5-10-15(18)16(11-12)19-14-8-6-13(7-9-14)17(2,3)4/h5,10-11,13-14,19H,6-9H2,1-4H3. The molecule has 1 N–H and O–H groups in total. The van der Waals surface area contributed by atoms with E-state index in [1.165, 1.54) is 31.2 Å². The molecule has 0 bridgehead atoms. The molecule has 1 saturated carbocycles. The van der Waals surface area contributed by atoms with Crippen LogP contribution in [0.25, 0.3) is 0 Å². The van der Waals surface area contributed by atoms with Crippen LogP contribution in [0, 0.1) is 18.3 Å². The summed E-state index contributed by atoms with van der Waals surface area (Å²) in [6.07, 6.45) is 5.16. The predicted octanol–water partition coefficient (Wildman–Crippen LogP) is 5.67. The van der Waals surface area contributed by atoms with Crippen molar-refractivity contribution in [3.8, 4) is 0 Å². The van der Waals surface area contributed by atoms with Crippen LogP contribution in [0.3, 0.4) is 0 Å². The van der Waals surface area contributed by atoms with E-state index in [9.17, 15) is 0 Å². The molecule has 0 radical (unpaired) electrons. The number of rotatable bonds is 2. The minimum absolute atomic E-state index is 0.450. The Morgan fingerprint density at radius 2 is 1.74 bits per heavy atom. The van der Waals surface area contributed by atoms with Crippen LogP contribution in [0.4, 0.5) is 5.69 Å². The van der Waals surface area contributed by atoms with Gasteiger partial charge in [-0.2, -0.15) is 0 Å². The minimum Gasteiger partial charge on any atom is -0.381 e. The van der Waals surface area contributed by atoms with Gasteiger partial charge in [0.25, 0.3) is 0 Å². The zero-order valence-electron chi connectivity index (χ0n) is 12.6. The highest BCUT2D eigenvalue weighted by Gasteiger charge is 2.29. The number of anilines is 1. The third kappa shape index (κ3) is 3.89. The molecule has 1 nitrogen and oxygen atoms in total. The Labute approximate surface area is 122 Å². The quantitative estimate of drug-likeness (QED) is 0.736. The molecule has 1 fully saturated rings. The molecule has 0 aromatic heterocycles. The lowest BCUT2D eigenvalue weighted by Crippen LogP contribution is -2.31. The van der Waals surface area contributed by atoms with E-state index in [4.69, 9.17) is 11.6 Å². The smallest absolute Gasteiger partial charge is 0.0637 e. The van der Waals surface area contributed by atoms with Crippen LogP contribution >= 0.6 is 11.6 Å². The summed E-state index contributed by atoms with van der Waals surface area (Å²) >= 11 is 6.25. The van der Waals surface area contributed by atoms with Crippen LogP contribution in [0.15, 0.2) is 18.2 Å². The van der Waals surface area contributed by atoms with Crippen molar-refractivity contribution in [3.05, 3.63) is 28.8 Å². The summed E-state index contributed by atoms with van der Waals surface area (Å²) in [6, 6.07) is 6.78. The lowest BCUT2D eigenvalue weighted by molar-refractivity contribution is 0.173. The SMILES string of the molecule is Cc1ccc(Cl)c(NC2CCC(C(C)(C)C)CC2)c1. The van der Waals surface area contributed by atoms with Crippen molar-refractivity contribution in [2.75, 3.05) is 5.32 Å². The molecule has 19 heavy (non-hydrogen) atoms. The maximum absolute atomic E-state index is 6.25. The second-order valence-corrected chi connectivity index (χ2v) is 7.45. The van der Waals surface area contributed by atoms with E-state index in [1.54, 1.807) is 0 Å². The summed E-state index contributed by atoms with van der Waals surface area (Å²) in [7, 11) is 0. The van der Waals surface area contributed by atoms with Gasteiger partial charge in [0.05, 0.1) is 10.7 Å². The highest BCUT2D eigenvalue weighted by atomic mass is 35.5. The molecule has 2 heteroatoms. The summed E-state index contributed by atoms with van der Waals surface area (Å²) in [5.74, 6) is 0.860. The first-order valence-corrected chi connectivity index (χ1v) is 7.77. The average molecular weight is 280 g/mol. The number of hydrogen-bond acceptors (Lipinski definition) is 1. The zero-order valence-corrected chi connectivity index (χ0v) is 13.3. The average Bonchev–Trinajstić information content (AvgIpc) is 2.33. The van der Waals surface area contributed by atoms with Crippen molar-refractivity contribution >= 4 is 17.3 Å². The van der Waals surface area contributed by atoms with Crippen LogP contribution < -0.4 is 5.32 Å². The first-order valence-electron chi connectivity index (χ1n) is 7.39. The highest BCUT2D eigenvalue weighted by molar-refractivity contribution is 6.33. The Bertz CT molecular complexity index is 425. The molecular weight excluding hydrogens is 254 g/mol. The molecule has 2 rings (SSSR count). The Balaban J connectivity index is 1.94. The zero-order chi connectivity index (χ0) is 14.0. The number of halogens is 1. The van der Waals surface area contributed by atoms with Crippen LogP contribution in [0.2, 0.25) is 5.02 Å². The van der Waals surface area contributed by atoms with Crippen molar-refractivity contribution in [2.45, 2.75) is 59.4 Å². The Morgan fingerprint density at radius 1 is 1.11 bits per heavy atom. The van der Waals surface area contributed by atoms with Crippen molar-refractivity contribution in [3.63, 3.8) is 0 Å². The van der Waals surface area contributed by atoms with Crippen molar-refractivity contribution in [1.29, 1.82) is 0 Å². The number of hydrogen-bond donors (Lipinski definition) is 1. The molecule has 1 aliphatic carbocycles. The van der Waals surface area contributed by atoms with Gasteiger partial charge in [-0.15, -0.1) is 0 Å². The number of aryl methyl sites for hydroxylation is 1. The Hall–Kier alpha value is -0.690. The maximum atomic E-state index is 6.25. The van der Waals surface area contributed by atoms with E-state index < -0.39 is 0 Å². The fourth-order valence-electron chi connectivity index (χ4n) is 3.07. The van der Waals surface area contributed by atoms with Gasteiger partial charge in [0.1, 0.15) is 0 Å². The van der Waals surface area contributed by atoms with Gasteiger partial charge in [0, 0.05) is 6.04 Å². The summed E-state index contributed by atoms with van der Waals surface area (Å²) < 4.78 is 0. The minimum atomic E-state index is 0.450. The van der Waals surface area contributed by atoms with Gasteiger partial charge in [0.2, 0.25) is 0 Å². The molecule has 0 unspecified atom stereocenters. The Kier molecular flexibility index (Phi) is 4.45. The third-order valence-corrected chi connectivity index (χ3v) is 4.76. The lowest BCUT2D eigenvalue weighted by atomic mass is 9.71. The van der Waals surface area contributed by atoms with E-state index in [0.717, 1.165) is 16.6 Å². The number of benzene rings is 1. The summed E-state index contributed by atoms with van der Waals surface area (Å²) in [5.41, 5.74) is 2.81. The molecule has 1 aromatic carbocycles. The first kappa shape index (κ1) is 14.7. The van der Waals surface area contributed by atoms with Gasteiger partial charge >= 0.3 is 0 Å². The van der Waals surface area contributed by atoms with Gasteiger partial charge in [0.15, 0.2) is 0 Å². The largest absolute Gasteiger partial charge is 0.381 e. The van der Waals surface area contributed by atoms with Crippen LogP contribution in [-0.4, -0.2) is 6.04 Å². The summed E-state index contributed by atoms with van der Waals surface area (Å²) in [4.78, 5) is 0. The van der Waals surface area contributed by atoms with Crippen LogP contribution in [-0.2, 0) is 0 Å².